The molecule has 1 saturated heterocycles. The summed E-state index contributed by atoms with van der Waals surface area (Å²) in [6, 6.07) is 16.5. The number of esters is 3. The molecule has 4 aliphatic heterocycles. The van der Waals surface area contributed by atoms with Crippen LogP contribution in [0.15, 0.2) is 77.7 Å². The lowest BCUT2D eigenvalue weighted by molar-refractivity contribution is -0.228. The molecular weight excluding hydrogens is 929 g/mol. The molecule has 17 heteroatoms. The predicted octanol–water partition coefficient (Wildman–Crippen LogP) is 5.32. The summed E-state index contributed by atoms with van der Waals surface area (Å²) in [7, 11) is 3.47. The number of para-hydroxylation sites is 1. The molecule has 1 saturated carbocycles. The molecule has 1 aliphatic carbocycles. The first-order chi connectivity index (χ1) is 33.7. The van der Waals surface area contributed by atoms with Gasteiger partial charge < -0.3 is 43.9 Å². The second kappa shape index (κ2) is 18.3. The summed E-state index contributed by atoms with van der Waals surface area (Å²) in [5.41, 5.74) is -2.96. The van der Waals surface area contributed by atoms with Crippen LogP contribution in [0.25, 0.3) is 10.9 Å². The zero-order valence-electron chi connectivity index (χ0n) is 42.2. The van der Waals surface area contributed by atoms with Gasteiger partial charge in [0.1, 0.15) is 11.2 Å². The molecule has 4 aromatic rings. The smallest absolute Gasteiger partial charge is 0.344 e. The first-order valence-electron chi connectivity index (χ1n) is 24.7. The topological polar surface area (TPSA) is 197 Å². The van der Waals surface area contributed by atoms with Gasteiger partial charge in [-0.05, 0) is 100 Å². The van der Waals surface area contributed by atoms with Crippen molar-refractivity contribution in [2.75, 3.05) is 73.1 Å². The maximum absolute atomic E-state index is 15.8. The van der Waals surface area contributed by atoms with Crippen molar-refractivity contribution in [3.63, 3.8) is 0 Å². The summed E-state index contributed by atoms with van der Waals surface area (Å²) in [5, 5.41) is 27.0. The number of aromatic nitrogens is 1. The minimum Gasteiger partial charge on any atom is -0.496 e. The molecule has 382 valence electrons. The Morgan fingerprint density at radius 1 is 0.887 bits per heavy atom. The Morgan fingerprint density at radius 3 is 2.27 bits per heavy atom. The van der Waals surface area contributed by atoms with Crippen LogP contribution in [-0.4, -0.2) is 149 Å². The van der Waals surface area contributed by atoms with Crippen molar-refractivity contribution in [2.45, 2.75) is 111 Å². The van der Waals surface area contributed by atoms with Gasteiger partial charge in [0.25, 0.3) is 10.1 Å². The number of H-pyrrole nitrogens is 1. The third kappa shape index (κ3) is 7.62. The molecule has 1 spiro atoms. The highest BCUT2D eigenvalue weighted by Gasteiger charge is 2.80. The number of rotatable bonds is 11. The molecule has 2 fully saturated rings. The molecule has 0 radical (unpaired) electrons. The number of carbonyl (C=O) groups is 3. The molecule has 0 bridgehead atoms. The summed E-state index contributed by atoms with van der Waals surface area (Å²) >= 11 is 0. The van der Waals surface area contributed by atoms with Gasteiger partial charge >= 0.3 is 17.9 Å². The van der Waals surface area contributed by atoms with Crippen molar-refractivity contribution in [1.82, 2.24) is 14.8 Å². The average Bonchev–Trinajstić information content (AvgIpc) is 4.01. The minimum atomic E-state index is -4.33. The van der Waals surface area contributed by atoms with E-state index < -0.39 is 86.2 Å². The number of carbonyl (C=O) groups excluding carboxylic acids is 3. The van der Waals surface area contributed by atoms with Gasteiger partial charge in [0, 0.05) is 84.4 Å². The number of aliphatic hydroxyl groups is 2. The number of nitrogens with zero attached hydrogens (tertiary/aromatic N) is 3. The maximum atomic E-state index is 15.8. The van der Waals surface area contributed by atoms with Gasteiger partial charge in [0.2, 0.25) is 5.60 Å². The Hall–Kier alpha value is -5.30. The second-order valence-corrected chi connectivity index (χ2v) is 22.4. The van der Waals surface area contributed by atoms with Gasteiger partial charge in [0.05, 0.1) is 44.5 Å². The molecule has 5 heterocycles. The monoisotopic (exact) mass is 996 g/mol. The van der Waals surface area contributed by atoms with E-state index in [1.807, 2.05) is 81.3 Å². The maximum Gasteiger partial charge on any atom is 0.344 e. The first-order valence-corrected chi connectivity index (χ1v) is 26.1. The zero-order chi connectivity index (χ0) is 51.1. The van der Waals surface area contributed by atoms with Crippen LogP contribution in [0.4, 0.5) is 5.69 Å². The van der Waals surface area contributed by atoms with Gasteiger partial charge in [-0.1, -0.05) is 61.9 Å². The largest absolute Gasteiger partial charge is 0.496 e. The van der Waals surface area contributed by atoms with Crippen molar-refractivity contribution in [2.24, 2.45) is 11.3 Å². The van der Waals surface area contributed by atoms with E-state index >= 15 is 4.79 Å². The number of hydrogen-bond donors (Lipinski definition) is 3. The highest BCUT2D eigenvalue weighted by Crippen LogP contribution is 2.68. The van der Waals surface area contributed by atoms with E-state index in [-0.39, 0.29) is 30.0 Å². The number of aromatic amines is 1. The molecule has 5 aliphatic rings. The number of benzene rings is 3. The summed E-state index contributed by atoms with van der Waals surface area (Å²) in [4.78, 5) is 53.5. The van der Waals surface area contributed by atoms with E-state index in [1.165, 1.54) is 40.4 Å². The lowest BCUT2D eigenvalue weighted by atomic mass is 9.47. The van der Waals surface area contributed by atoms with Gasteiger partial charge in [-0.25, -0.2) is 4.79 Å². The quantitative estimate of drug-likeness (QED) is 0.0755. The molecule has 1 unspecified atom stereocenters. The second-order valence-electron chi connectivity index (χ2n) is 20.8. The van der Waals surface area contributed by atoms with Crippen LogP contribution in [0.2, 0.25) is 0 Å². The highest BCUT2D eigenvalue weighted by atomic mass is 32.2. The normalized spacial score (nSPS) is 31.7. The summed E-state index contributed by atoms with van der Waals surface area (Å²) in [6.45, 7) is 8.48. The number of fused-ring (bicyclic) bond motifs is 4. The summed E-state index contributed by atoms with van der Waals surface area (Å²) in [5.74, 6) is -2.81. The van der Waals surface area contributed by atoms with Crippen molar-refractivity contribution in [3.05, 3.63) is 101 Å². The Kier molecular flexibility index (Phi) is 13.1. The first kappa shape index (κ1) is 50.6. The molecule has 0 amide bonds. The Morgan fingerprint density at radius 2 is 1.61 bits per heavy atom. The molecule has 9 atom stereocenters. The molecule has 71 heavy (non-hydrogen) atoms. The van der Waals surface area contributed by atoms with E-state index in [4.69, 9.17) is 23.1 Å². The standard InChI is InChI=1S/C54H68N4O12S/c1-10-50(62)29-35(31-69-71(64,65)36-19-17-33(3)18-20-36)30-53(48(60)67-8,44-38(21-25-56(5)32-50)37-15-12-13-16-41(37)55-44)40-27-39-42(28-43(40)66-7)57(6)46-52(39)23-26-58-24-14-22-51(11-2,45(52)58)47(70-34(4)59)54(46,63)49(61)68-9/h12-20,22,27-28,35,45-47,55,62-63H,10-11,21,23-26,29-32H2,1-9H3/t35-,45-,46+,47+,50-,51+,52?,53-,54-/m0/s1. The Bertz CT molecular complexity index is 2890. The molecule has 1 aromatic heterocycles. The van der Waals surface area contributed by atoms with Gasteiger partial charge in [-0.2, -0.15) is 8.42 Å². The zero-order valence-corrected chi connectivity index (χ0v) is 43.1. The van der Waals surface area contributed by atoms with Crippen LogP contribution in [0, 0.1) is 18.3 Å². The van der Waals surface area contributed by atoms with Gasteiger partial charge in [-0.15, -0.1) is 0 Å². The fourth-order valence-electron chi connectivity index (χ4n) is 14.1. The fraction of sp³-hybridized carbons (Fsp3) is 0.537. The predicted molar refractivity (Wildman–Crippen MR) is 266 cm³/mol. The number of nitrogens with one attached hydrogen (secondary N) is 1. The molecule has 3 aromatic carbocycles. The molecular formula is C54H68N4O12S. The van der Waals surface area contributed by atoms with Gasteiger partial charge in [0.15, 0.2) is 6.10 Å². The van der Waals surface area contributed by atoms with E-state index in [1.54, 1.807) is 19.2 Å². The fourth-order valence-corrected chi connectivity index (χ4v) is 15.0. The van der Waals surface area contributed by atoms with Crippen LogP contribution in [0.1, 0.15) is 80.8 Å². The number of likely N-dealkylation sites (N-methyl/N-ethyl adjacent to an activating group) is 2. The van der Waals surface area contributed by atoms with Crippen molar-refractivity contribution >= 4 is 44.6 Å². The van der Waals surface area contributed by atoms with Crippen molar-refractivity contribution in [1.29, 1.82) is 0 Å². The minimum absolute atomic E-state index is 0.0257. The van der Waals surface area contributed by atoms with E-state index in [9.17, 15) is 28.2 Å². The number of hydrogen-bond acceptors (Lipinski definition) is 15. The molecule has 16 nitrogen and oxygen atoms in total. The highest BCUT2D eigenvalue weighted by molar-refractivity contribution is 7.86. The Labute approximate surface area is 416 Å². The van der Waals surface area contributed by atoms with E-state index in [0.717, 1.165) is 27.6 Å². The molecule has 9 rings (SSSR count). The summed E-state index contributed by atoms with van der Waals surface area (Å²) in [6.07, 6.45) is 4.19. The number of anilines is 1. The van der Waals surface area contributed by atoms with Crippen LogP contribution < -0.4 is 9.64 Å². The number of aryl methyl sites for hydroxylation is 1. The number of methoxy groups -OCH3 is 3. The average molecular weight is 997 g/mol. The van der Waals surface area contributed by atoms with E-state index in [0.29, 0.717) is 62.3 Å². The van der Waals surface area contributed by atoms with Crippen LogP contribution in [0.5, 0.6) is 5.75 Å². The van der Waals surface area contributed by atoms with Crippen LogP contribution >= 0.6 is 0 Å². The molecule has 3 N–H and O–H groups in total. The lowest BCUT2D eigenvalue weighted by Gasteiger charge is -2.63. The Balaban J connectivity index is 1.35. The summed E-state index contributed by atoms with van der Waals surface area (Å²) < 4.78 is 58.3. The third-order valence-electron chi connectivity index (χ3n) is 17.0. The van der Waals surface area contributed by atoms with Crippen LogP contribution in [-0.2, 0) is 60.1 Å². The van der Waals surface area contributed by atoms with Crippen LogP contribution in [0.3, 0.4) is 0 Å². The van der Waals surface area contributed by atoms with Gasteiger partial charge in [-0.3, -0.25) is 18.7 Å². The number of ether oxygens (including phenoxy) is 4. The van der Waals surface area contributed by atoms with Crippen molar-refractivity contribution < 1.29 is 56.1 Å². The van der Waals surface area contributed by atoms with Crippen molar-refractivity contribution in [3.8, 4) is 5.75 Å². The SMILES string of the molecule is CC[C@]1(O)C[C@H](COS(=O)(=O)c2ccc(C)cc2)C[C@](C(=O)OC)(c2cc3c(cc2OC)N(C)[C@@H]2C34CCN3CC=C[C@](CC)([C@H]34)[C@@H](OC(C)=O)[C@]2(O)C(=O)OC)c2[nH]c3ccccc3c2CCN(C)C1. The third-order valence-corrected chi connectivity index (χ3v) is 18.3. The lowest BCUT2D eigenvalue weighted by Crippen LogP contribution is -2.81. The van der Waals surface area contributed by atoms with E-state index in [2.05, 4.69) is 14.8 Å². The number of β-amino-alcohol motifs (C(OH)–C–C–N with tert-alkyl or cyclic N) is 1.